The van der Waals surface area contributed by atoms with Crippen LogP contribution in [0.15, 0.2) is 24.3 Å². The van der Waals surface area contributed by atoms with E-state index in [0.29, 0.717) is 0 Å². The van der Waals surface area contributed by atoms with Gasteiger partial charge in [-0.3, -0.25) is 0 Å². The van der Waals surface area contributed by atoms with Crippen LogP contribution in [0.25, 0.3) is 0 Å². The molecule has 1 nitrogen and oxygen atoms in total. The minimum Gasteiger partial charge on any atom is -0.405 e. The third kappa shape index (κ3) is 6.47. The van der Waals surface area contributed by atoms with Crippen LogP contribution in [0.5, 0.6) is 0 Å². The number of hydrogen-bond donors (Lipinski definition) is 0. The summed E-state index contributed by atoms with van der Waals surface area (Å²) in [5.74, 6) is 0. The van der Waals surface area contributed by atoms with Gasteiger partial charge in [-0.1, -0.05) is 24.3 Å². The van der Waals surface area contributed by atoms with Gasteiger partial charge in [0.15, 0.2) is 0 Å². The molecule has 0 atom stereocenters. The number of benzene rings is 1. The number of hydrogen-bond acceptors (Lipinski definition) is 1. The molecule has 0 saturated heterocycles. The Hall–Kier alpha value is -1.04. The van der Waals surface area contributed by atoms with Gasteiger partial charge in [0.25, 0.3) is 0 Å². The fourth-order valence-electron chi connectivity index (χ4n) is 0.777. The van der Waals surface area contributed by atoms with Crippen molar-refractivity contribution in [2.75, 3.05) is 6.61 Å². The van der Waals surface area contributed by atoms with E-state index in [4.69, 9.17) is 10.8 Å². The second-order valence-corrected chi connectivity index (χ2v) is 3.55. The summed E-state index contributed by atoms with van der Waals surface area (Å²) in [6, 6.07) is 8.36. The summed E-state index contributed by atoms with van der Waals surface area (Å²) < 4.78 is 4.77. The van der Waals surface area contributed by atoms with Gasteiger partial charge in [0, 0.05) is 6.61 Å². The second-order valence-electron chi connectivity index (χ2n) is 2.76. The molecule has 0 unspecified atom stereocenters. The predicted molar refractivity (Wildman–Crippen MR) is 62.1 cm³/mol. The molecule has 1 aromatic rings. The Morgan fingerprint density at radius 1 is 1.29 bits per heavy atom. The van der Waals surface area contributed by atoms with Crippen LogP contribution in [0.1, 0.15) is 18.1 Å². The number of terminal acetylenes is 1. The van der Waals surface area contributed by atoms with Crippen LogP contribution in [0, 0.1) is 25.8 Å². The van der Waals surface area contributed by atoms with E-state index >= 15 is 0 Å². The van der Waals surface area contributed by atoms with Gasteiger partial charge in [-0.05, 0) is 31.9 Å². The van der Waals surface area contributed by atoms with E-state index in [1.807, 2.05) is 6.92 Å². The zero-order valence-corrected chi connectivity index (χ0v) is 10.0. The van der Waals surface area contributed by atoms with Crippen LogP contribution < -0.4 is 0 Å². The summed E-state index contributed by atoms with van der Waals surface area (Å²) in [5.41, 5.74) is 5.11. The normalized spacial score (nSPS) is 8.43. The minimum atomic E-state index is 0.243. The van der Waals surface area contributed by atoms with E-state index in [1.54, 1.807) is 0 Å². The van der Waals surface area contributed by atoms with Crippen LogP contribution >= 0.6 is 0 Å². The molecule has 2 radical (unpaired) electrons. The van der Waals surface area contributed by atoms with Crippen LogP contribution in [0.3, 0.4) is 0 Å². The summed E-state index contributed by atoms with van der Waals surface area (Å²) in [6.07, 6.45) is 4.85. The second kappa shape index (κ2) is 8.55. The largest absolute Gasteiger partial charge is 0.405 e. The van der Waals surface area contributed by atoms with Crippen molar-refractivity contribution in [1.29, 1.82) is 0 Å². The molecule has 2 heteroatoms. The van der Waals surface area contributed by atoms with Crippen molar-refractivity contribution in [3.05, 3.63) is 35.4 Å². The van der Waals surface area contributed by atoms with Crippen LogP contribution in [0.4, 0.5) is 0 Å². The van der Waals surface area contributed by atoms with Gasteiger partial charge >= 0.3 is 9.76 Å². The van der Waals surface area contributed by atoms with Crippen molar-refractivity contribution in [2.24, 2.45) is 0 Å². The molecule has 0 spiro atoms. The molecule has 0 bridgehead atoms. The van der Waals surface area contributed by atoms with E-state index in [1.165, 1.54) is 11.1 Å². The number of rotatable bonds is 2. The Kier molecular flexibility index (Phi) is 7.91. The Morgan fingerprint density at radius 3 is 2.00 bits per heavy atom. The van der Waals surface area contributed by atoms with E-state index in [2.05, 4.69) is 43.7 Å². The molecule has 0 aliphatic carbocycles. The lowest BCUT2D eigenvalue weighted by Gasteiger charge is -1.93. The highest BCUT2D eigenvalue weighted by atomic mass is 28.2. The Bertz CT molecular complexity index is 268. The van der Waals surface area contributed by atoms with Gasteiger partial charge in [0.1, 0.15) is 0 Å². The summed E-state index contributed by atoms with van der Waals surface area (Å²) in [5, 5.41) is 0. The van der Waals surface area contributed by atoms with Crippen LogP contribution in [0.2, 0.25) is 0 Å². The predicted octanol–water partition coefficient (Wildman–Crippen LogP) is 2.54. The summed E-state index contributed by atoms with van der Waals surface area (Å²) in [6.45, 7) is 6.89. The SMILES string of the molecule is C#C[Si]OCC.Cc1ccccc1C. The highest BCUT2D eigenvalue weighted by molar-refractivity contribution is 6.38. The molecule has 14 heavy (non-hydrogen) atoms. The van der Waals surface area contributed by atoms with Gasteiger partial charge in [-0.25, -0.2) is 0 Å². The maximum absolute atomic E-state index is 4.85. The topological polar surface area (TPSA) is 9.23 Å². The highest BCUT2D eigenvalue weighted by Crippen LogP contribution is 2.02. The molecule has 0 aromatic heterocycles. The van der Waals surface area contributed by atoms with Crippen molar-refractivity contribution < 1.29 is 4.43 Å². The van der Waals surface area contributed by atoms with Crippen LogP contribution in [-0.2, 0) is 4.43 Å². The van der Waals surface area contributed by atoms with Gasteiger partial charge < -0.3 is 4.43 Å². The molecule has 74 valence electrons. The van der Waals surface area contributed by atoms with Crippen LogP contribution in [-0.4, -0.2) is 16.4 Å². The molecule has 0 heterocycles. The van der Waals surface area contributed by atoms with E-state index < -0.39 is 0 Å². The number of aryl methyl sites for hydroxylation is 2. The fraction of sp³-hybridized carbons (Fsp3) is 0.333. The molecular formula is C12H16OSi. The fourth-order valence-corrected chi connectivity index (χ4v) is 1.00. The lowest BCUT2D eigenvalue weighted by molar-refractivity contribution is 0.368. The average molecular weight is 204 g/mol. The summed E-state index contributed by atoms with van der Waals surface area (Å²) in [7, 11) is 0.243. The Labute approximate surface area is 89.4 Å². The van der Waals surface area contributed by atoms with E-state index in [9.17, 15) is 0 Å². The highest BCUT2D eigenvalue weighted by Gasteiger charge is 1.83. The van der Waals surface area contributed by atoms with Crippen molar-refractivity contribution in [2.45, 2.75) is 20.8 Å². The molecule has 0 saturated carbocycles. The molecule has 0 aliphatic heterocycles. The van der Waals surface area contributed by atoms with E-state index in [0.717, 1.165) is 6.61 Å². The third-order valence-corrected chi connectivity index (χ3v) is 2.25. The lowest BCUT2D eigenvalue weighted by atomic mass is 10.1. The first-order chi connectivity index (χ1) is 6.72. The van der Waals surface area contributed by atoms with Gasteiger partial charge in [0.2, 0.25) is 0 Å². The van der Waals surface area contributed by atoms with Crippen molar-refractivity contribution in [1.82, 2.24) is 0 Å². The monoisotopic (exact) mass is 204 g/mol. The molecule has 0 aliphatic rings. The summed E-state index contributed by atoms with van der Waals surface area (Å²) >= 11 is 0. The zero-order chi connectivity index (χ0) is 10.8. The maximum Gasteiger partial charge on any atom is 0.332 e. The van der Waals surface area contributed by atoms with Crippen molar-refractivity contribution in [3.63, 3.8) is 0 Å². The first kappa shape index (κ1) is 13.0. The summed E-state index contributed by atoms with van der Waals surface area (Å²) in [4.78, 5) is 0. The zero-order valence-electron chi connectivity index (χ0n) is 9.00. The quantitative estimate of drug-likeness (QED) is 0.409. The van der Waals surface area contributed by atoms with Gasteiger partial charge in [0.05, 0.1) is 0 Å². The Morgan fingerprint density at radius 2 is 1.79 bits per heavy atom. The first-order valence-corrected chi connectivity index (χ1v) is 5.47. The Balaban J connectivity index is 0.000000255. The maximum atomic E-state index is 4.85. The first-order valence-electron chi connectivity index (χ1n) is 4.57. The van der Waals surface area contributed by atoms with Crippen molar-refractivity contribution >= 4 is 9.76 Å². The average Bonchev–Trinajstić information content (AvgIpc) is 2.20. The molecule has 0 N–H and O–H groups in total. The molecule has 1 aromatic carbocycles. The molecule has 0 fully saturated rings. The molecule has 0 amide bonds. The van der Waals surface area contributed by atoms with Crippen molar-refractivity contribution in [3.8, 4) is 12.0 Å². The standard InChI is InChI=1S/C8H10.C4H6OSi/c1-7-5-3-4-6-8(7)2;1-3-5-6-4-2/h3-6H,1-2H3;2H,3H2,1H3. The molecular weight excluding hydrogens is 188 g/mol. The third-order valence-electron chi connectivity index (χ3n) is 1.70. The van der Waals surface area contributed by atoms with E-state index in [-0.39, 0.29) is 9.76 Å². The lowest BCUT2D eigenvalue weighted by Crippen LogP contribution is -1.92. The van der Waals surface area contributed by atoms with Gasteiger partial charge in [-0.2, -0.15) is 0 Å². The van der Waals surface area contributed by atoms with Gasteiger partial charge in [-0.15, -0.1) is 12.0 Å². The minimum absolute atomic E-state index is 0.243. The smallest absolute Gasteiger partial charge is 0.332 e. The molecule has 1 rings (SSSR count).